The molecule has 0 amide bonds. The van der Waals surface area contributed by atoms with Gasteiger partial charge in [0.1, 0.15) is 11.7 Å². The Balaban J connectivity index is 0.00000176. The fourth-order valence-electron chi connectivity index (χ4n) is 2.93. The molecule has 3 N–H and O–H groups in total. The number of rotatable bonds is 8. The third-order valence-electron chi connectivity index (χ3n) is 4.82. The topological polar surface area (TPSA) is 61.3 Å². The number of hydrogen-bond donors (Lipinski definition) is 3. The van der Waals surface area contributed by atoms with Crippen LogP contribution in [0.5, 0.6) is 0 Å². The van der Waals surface area contributed by atoms with Crippen LogP contribution in [0.25, 0.3) is 11.3 Å². The second-order valence-corrected chi connectivity index (χ2v) is 7.70. The summed E-state index contributed by atoms with van der Waals surface area (Å²) in [7, 11) is 0. The van der Waals surface area contributed by atoms with Crippen LogP contribution in [-0.2, 0) is 0 Å². The van der Waals surface area contributed by atoms with Crippen molar-refractivity contribution < 1.29 is 0 Å². The van der Waals surface area contributed by atoms with E-state index in [4.69, 9.17) is 0 Å². The molecule has 0 bridgehead atoms. The van der Waals surface area contributed by atoms with Crippen molar-refractivity contribution >= 4 is 28.5 Å². The summed E-state index contributed by atoms with van der Waals surface area (Å²) in [6.45, 7) is 23.1. The van der Waals surface area contributed by atoms with Gasteiger partial charge in [-0.1, -0.05) is 53.5 Å². The first-order chi connectivity index (χ1) is 15.3. The number of nitrogens with one attached hydrogen (secondary N) is 3. The molecule has 5 heteroatoms. The van der Waals surface area contributed by atoms with Crippen molar-refractivity contribution in [3.05, 3.63) is 91.1 Å². The number of pyridine rings is 1. The van der Waals surface area contributed by atoms with Crippen LogP contribution in [0.2, 0.25) is 0 Å². The average Bonchev–Trinajstić information content (AvgIpc) is 3.25. The molecule has 0 saturated carbocycles. The molecule has 0 aliphatic carbocycles. The molecule has 2 heterocycles. The summed E-state index contributed by atoms with van der Waals surface area (Å²) in [5.74, 6) is 2.03. The van der Waals surface area contributed by atoms with E-state index in [1.165, 1.54) is 5.57 Å². The van der Waals surface area contributed by atoms with Gasteiger partial charge >= 0.3 is 0 Å². The number of benzene rings is 1. The van der Waals surface area contributed by atoms with Gasteiger partial charge in [-0.2, -0.15) is 0 Å². The first kappa shape index (κ1) is 24.7. The van der Waals surface area contributed by atoms with E-state index in [0.29, 0.717) is 11.7 Å². The van der Waals surface area contributed by atoms with Gasteiger partial charge < -0.3 is 16.0 Å². The number of aromatic nitrogens is 1. The average molecular weight is 430 g/mol. The Hall–Kier alpha value is -3.60. The minimum atomic E-state index is 0.503. The summed E-state index contributed by atoms with van der Waals surface area (Å²) in [6, 6.07) is 11.9. The minimum Gasteiger partial charge on any atom is -0.354 e. The van der Waals surface area contributed by atoms with Crippen LogP contribution in [-0.4, -0.2) is 17.4 Å². The smallest absolute Gasteiger partial charge is 0.126 e. The summed E-state index contributed by atoms with van der Waals surface area (Å²) in [5.41, 5.74) is 6.73. The standard InChI is InChI=1S/C25H29N5.C2H6/c1-16(2)20-7-12-24(26-14-20)18(5)28-22-8-10-23(11-9-22)29-19(6)30-25-13-21(15-27-25)17(3)4;1-2/h7-14,17,28-29H,1,5-6,15H2,2-4H3,(H,27,30);1-2H3. The molecule has 1 aliphatic heterocycles. The van der Waals surface area contributed by atoms with Gasteiger partial charge in [0.2, 0.25) is 0 Å². The van der Waals surface area contributed by atoms with Crippen LogP contribution in [0.4, 0.5) is 11.4 Å². The van der Waals surface area contributed by atoms with Gasteiger partial charge in [0.05, 0.1) is 17.9 Å². The first-order valence-electron chi connectivity index (χ1n) is 11.0. The predicted octanol–water partition coefficient (Wildman–Crippen LogP) is 6.69. The largest absolute Gasteiger partial charge is 0.354 e. The zero-order valence-electron chi connectivity index (χ0n) is 19.9. The highest BCUT2D eigenvalue weighted by Gasteiger charge is 2.11. The number of allylic oxidation sites excluding steroid dienone is 1. The Labute approximate surface area is 192 Å². The summed E-state index contributed by atoms with van der Waals surface area (Å²) in [6.07, 6.45) is 3.90. The van der Waals surface area contributed by atoms with Gasteiger partial charge in [-0.25, -0.2) is 0 Å². The second-order valence-electron chi connectivity index (χ2n) is 7.70. The molecule has 0 radical (unpaired) electrons. The monoisotopic (exact) mass is 429 g/mol. The summed E-state index contributed by atoms with van der Waals surface area (Å²) >= 11 is 0. The van der Waals surface area contributed by atoms with Gasteiger partial charge in [0, 0.05) is 17.6 Å². The molecule has 0 saturated heterocycles. The molecular weight excluding hydrogens is 394 g/mol. The van der Waals surface area contributed by atoms with Gasteiger partial charge in [-0.15, -0.1) is 0 Å². The van der Waals surface area contributed by atoms with Crippen LogP contribution < -0.4 is 16.0 Å². The van der Waals surface area contributed by atoms with Gasteiger partial charge in [-0.05, 0) is 66.0 Å². The number of amidine groups is 1. The fourth-order valence-corrected chi connectivity index (χ4v) is 2.93. The lowest BCUT2D eigenvalue weighted by Gasteiger charge is -2.13. The van der Waals surface area contributed by atoms with Gasteiger partial charge in [0.25, 0.3) is 0 Å². The molecule has 5 nitrogen and oxygen atoms in total. The molecule has 3 rings (SSSR count). The third-order valence-corrected chi connectivity index (χ3v) is 4.82. The molecule has 1 aromatic carbocycles. The molecular formula is C27H35N5. The van der Waals surface area contributed by atoms with Crippen LogP contribution in [0.3, 0.4) is 0 Å². The van der Waals surface area contributed by atoms with Crippen molar-refractivity contribution in [2.45, 2.75) is 34.6 Å². The lowest BCUT2D eigenvalue weighted by Crippen LogP contribution is -2.23. The second kappa shape index (κ2) is 11.7. The molecule has 168 valence electrons. The number of nitrogens with zero attached hydrogens (tertiary/aromatic N) is 2. The molecule has 0 spiro atoms. The van der Waals surface area contributed by atoms with Crippen molar-refractivity contribution in [1.82, 2.24) is 10.3 Å². The van der Waals surface area contributed by atoms with E-state index in [9.17, 15) is 0 Å². The van der Waals surface area contributed by atoms with Gasteiger partial charge in [0.15, 0.2) is 0 Å². The normalized spacial score (nSPS) is 12.2. The van der Waals surface area contributed by atoms with Crippen molar-refractivity contribution in [3.63, 3.8) is 0 Å². The molecule has 0 atom stereocenters. The van der Waals surface area contributed by atoms with Crippen LogP contribution in [0, 0.1) is 5.92 Å². The van der Waals surface area contributed by atoms with Crippen LogP contribution >= 0.6 is 0 Å². The zero-order valence-corrected chi connectivity index (χ0v) is 19.9. The van der Waals surface area contributed by atoms with Gasteiger partial charge in [-0.3, -0.25) is 9.98 Å². The van der Waals surface area contributed by atoms with E-state index in [0.717, 1.165) is 46.3 Å². The molecule has 0 unspecified atom stereocenters. The fraction of sp³-hybridized carbons (Fsp3) is 0.259. The minimum absolute atomic E-state index is 0.503. The van der Waals surface area contributed by atoms with E-state index < -0.39 is 0 Å². The Morgan fingerprint density at radius 2 is 1.53 bits per heavy atom. The van der Waals surface area contributed by atoms with Crippen LogP contribution in [0.15, 0.2) is 84.8 Å². The van der Waals surface area contributed by atoms with E-state index in [1.54, 1.807) is 0 Å². The molecule has 32 heavy (non-hydrogen) atoms. The SMILES string of the molecule is C=C(NC1=NCC(C(C)C)=C1)Nc1ccc(NC(=C)c2ccc(C(=C)C)cn2)cc1.CC. The maximum absolute atomic E-state index is 4.49. The Morgan fingerprint density at radius 1 is 0.906 bits per heavy atom. The van der Waals surface area contributed by atoms with Crippen molar-refractivity contribution in [3.8, 4) is 0 Å². The molecule has 0 fully saturated rings. The summed E-state index contributed by atoms with van der Waals surface area (Å²) in [5, 5.41) is 9.76. The third kappa shape index (κ3) is 6.98. The van der Waals surface area contributed by atoms with Crippen LogP contribution in [0.1, 0.15) is 45.9 Å². The Kier molecular flexibility index (Phi) is 9.02. The Morgan fingerprint density at radius 3 is 2.03 bits per heavy atom. The predicted molar refractivity (Wildman–Crippen MR) is 141 cm³/mol. The quantitative estimate of drug-likeness (QED) is 0.437. The molecule has 1 aromatic heterocycles. The van der Waals surface area contributed by atoms with E-state index in [-0.39, 0.29) is 0 Å². The maximum Gasteiger partial charge on any atom is 0.126 e. The molecule has 1 aliphatic rings. The lowest BCUT2D eigenvalue weighted by atomic mass is 10.0. The number of hydrogen-bond acceptors (Lipinski definition) is 5. The van der Waals surface area contributed by atoms with Crippen molar-refractivity contribution in [2.24, 2.45) is 10.9 Å². The number of aliphatic imine (C=N–C) groups is 1. The summed E-state index contributed by atoms with van der Waals surface area (Å²) in [4.78, 5) is 8.94. The molecule has 2 aromatic rings. The van der Waals surface area contributed by atoms with Crippen molar-refractivity contribution in [1.29, 1.82) is 0 Å². The Bertz CT molecular complexity index is 1010. The first-order valence-corrected chi connectivity index (χ1v) is 11.0. The highest BCUT2D eigenvalue weighted by Crippen LogP contribution is 2.20. The van der Waals surface area contributed by atoms with Crippen molar-refractivity contribution in [2.75, 3.05) is 17.2 Å². The summed E-state index contributed by atoms with van der Waals surface area (Å²) < 4.78 is 0. The zero-order chi connectivity index (χ0) is 23.7. The maximum atomic E-state index is 4.49. The number of anilines is 2. The highest BCUT2D eigenvalue weighted by atomic mass is 15.1. The lowest BCUT2D eigenvalue weighted by molar-refractivity contribution is 0.754. The van der Waals surface area contributed by atoms with E-state index in [1.807, 2.05) is 63.4 Å². The van der Waals surface area contributed by atoms with E-state index in [2.05, 4.69) is 65.6 Å². The van der Waals surface area contributed by atoms with E-state index >= 15 is 0 Å². The highest BCUT2D eigenvalue weighted by molar-refractivity contribution is 5.97.